The summed E-state index contributed by atoms with van der Waals surface area (Å²) < 4.78 is 1.26. The lowest BCUT2D eigenvalue weighted by Crippen LogP contribution is -2.50. The Morgan fingerprint density at radius 2 is 1.90 bits per heavy atom. The fourth-order valence-electron chi connectivity index (χ4n) is 3.38. The summed E-state index contributed by atoms with van der Waals surface area (Å²) in [4.78, 5) is 31.1. The predicted octanol–water partition coefficient (Wildman–Crippen LogP) is 3.28. The summed E-state index contributed by atoms with van der Waals surface area (Å²) in [5, 5.41) is 5.11. The number of benzene rings is 1. The van der Waals surface area contributed by atoms with Crippen LogP contribution in [-0.4, -0.2) is 46.8 Å². The summed E-state index contributed by atoms with van der Waals surface area (Å²) in [6, 6.07) is 14.9. The van der Waals surface area contributed by atoms with E-state index < -0.39 is 0 Å². The third-order valence-corrected chi connectivity index (χ3v) is 6.21. The van der Waals surface area contributed by atoms with E-state index >= 15 is 0 Å². The molecule has 1 amide bonds. The highest BCUT2D eigenvalue weighted by Gasteiger charge is 2.22. The Morgan fingerprint density at radius 3 is 2.59 bits per heavy atom. The fraction of sp³-hybridized carbons (Fsp3) is 0.286. The van der Waals surface area contributed by atoms with Crippen LogP contribution in [0.4, 0.5) is 5.69 Å². The van der Waals surface area contributed by atoms with Crippen molar-refractivity contribution in [3.63, 3.8) is 0 Å². The van der Waals surface area contributed by atoms with Crippen molar-refractivity contribution in [1.29, 1.82) is 0 Å². The molecule has 1 aliphatic rings. The lowest BCUT2D eigenvalue weighted by molar-refractivity contribution is -0.132. The highest BCUT2D eigenvalue weighted by Crippen LogP contribution is 2.25. The number of carbonyl (C=O) groups is 1. The topological polar surface area (TPSA) is 58.4 Å². The van der Waals surface area contributed by atoms with Gasteiger partial charge in [-0.3, -0.25) is 9.59 Å². The van der Waals surface area contributed by atoms with Crippen LogP contribution in [0, 0.1) is 6.92 Å². The number of anilines is 1. The molecule has 0 N–H and O–H groups in total. The van der Waals surface area contributed by atoms with Crippen LogP contribution in [0.25, 0.3) is 10.6 Å². The van der Waals surface area contributed by atoms with E-state index in [2.05, 4.69) is 10.00 Å². The van der Waals surface area contributed by atoms with Crippen molar-refractivity contribution in [3.05, 3.63) is 68.8 Å². The molecule has 3 heterocycles. The minimum Gasteiger partial charge on any atom is -0.368 e. The molecule has 1 fully saturated rings. The normalized spacial score (nSPS) is 14.3. The fourth-order valence-corrected chi connectivity index (χ4v) is 4.40. The molecule has 1 aliphatic heterocycles. The number of hydrogen-bond donors (Lipinski definition) is 0. The molecule has 0 radical (unpaired) electrons. The number of halogens is 1. The Hall–Kier alpha value is -2.64. The maximum Gasteiger partial charge on any atom is 0.267 e. The lowest BCUT2D eigenvalue weighted by atomic mass is 10.2. The Bertz CT molecular complexity index is 1090. The summed E-state index contributed by atoms with van der Waals surface area (Å²) in [6.45, 7) is 4.63. The van der Waals surface area contributed by atoms with E-state index in [0.717, 1.165) is 23.7 Å². The maximum absolute atomic E-state index is 12.8. The highest BCUT2D eigenvalue weighted by atomic mass is 35.5. The molecule has 0 spiro atoms. The van der Waals surface area contributed by atoms with Gasteiger partial charge < -0.3 is 9.80 Å². The number of rotatable bonds is 4. The van der Waals surface area contributed by atoms with Crippen molar-refractivity contribution in [2.45, 2.75) is 13.5 Å². The van der Waals surface area contributed by atoms with Crippen molar-refractivity contribution >= 4 is 34.5 Å². The van der Waals surface area contributed by atoms with Crippen molar-refractivity contribution in [2.24, 2.45) is 0 Å². The molecule has 0 atom stereocenters. The van der Waals surface area contributed by atoms with Crippen LogP contribution >= 0.6 is 22.9 Å². The van der Waals surface area contributed by atoms with Crippen molar-refractivity contribution in [3.8, 4) is 10.6 Å². The largest absolute Gasteiger partial charge is 0.368 e. The Labute approximate surface area is 177 Å². The number of piperazine rings is 1. The zero-order chi connectivity index (χ0) is 20.4. The smallest absolute Gasteiger partial charge is 0.267 e. The van der Waals surface area contributed by atoms with E-state index in [1.165, 1.54) is 15.6 Å². The van der Waals surface area contributed by atoms with Gasteiger partial charge in [-0.05, 0) is 43.3 Å². The Morgan fingerprint density at radius 1 is 1.10 bits per heavy atom. The number of aryl methyl sites for hydroxylation is 1. The van der Waals surface area contributed by atoms with Crippen molar-refractivity contribution in [1.82, 2.24) is 14.7 Å². The molecule has 3 aromatic rings. The summed E-state index contributed by atoms with van der Waals surface area (Å²) >= 11 is 7.69. The number of carbonyl (C=O) groups excluding carboxylic acids is 1. The SMILES string of the molecule is Cc1ccc(-c2ccc(=O)n(CC(=O)N3CCN(c4cccc(Cl)c4)CC3)n2)s1. The molecule has 150 valence electrons. The average molecular weight is 429 g/mol. The van der Waals surface area contributed by atoms with Crippen LogP contribution in [0.1, 0.15) is 4.88 Å². The van der Waals surface area contributed by atoms with Gasteiger partial charge in [-0.1, -0.05) is 17.7 Å². The third-order valence-electron chi connectivity index (χ3n) is 4.95. The van der Waals surface area contributed by atoms with Crippen LogP contribution in [-0.2, 0) is 11.3 Å². The van der Waals surface area contributed by atoms with Gasteiger partial charge >= 0.3 is 0 Å². The van der Waals surface area contributed by atoms with E-state index in [0.29, 0.717) is 23.8 Å². The van der Waals surface area contributed by atoms with Gasteiger partial charge in [-0.2, -0.15) is 5.10 Å². The zero-order valence-corrected chi connectivity index (χ0v) is 17.6. The molecule has 6 nitrogen and oxygen atoms in total. The molecule has 2 aromatic heterocycles. The molecule has 29 heavy (non-hydrogen) atoms. The number of thiophene rings is 1. The second kappa shape index (κ2) is 8.39. The monoisotopic (exact) mass is 428 g/mol. The first-order chi connectivity index (χ1) is 14.0. The van der Waals surface area contributed by atoms with Gasteiger partial charge in [0.2, 0.25) is 5.91 Å². The first kappa shape index (κ1) is 19.7. The van der Waals surface area contributed by atoms with Crippen molar-refractivity contribution < 1.29 is 4.79 Å². The molecule has 0 saturated carbocycles. The minimum atomic E-state index is -0.270. The minimum absolute atomic E-state index is 0.0474. The van der Waals surface area contributed by atoms with Gasteiger partial charge in [-0.25, -0.2) is 4.68 Å². The summed E-state index contributed by atoms with van der Waals surface area (Å²) in [5.74, 6) is -0.0927. The molecular formula is C21H21ClN4O2S. The number of amides is 1. The van der Waals surface area contributed by atoms with E-state index in [1.807, 2.05) is 43.3 Å². The maximum atomic E-state index is 12.8. The standard InChI is InChI=1S/C21H21ClN4O2S/c1-15-5-7-19(29-15)18-6-8-20(27)26(23-18)14-21(28)25-11-9-24(10-12-25)17-4-2-3-16(22)13-17/h2-8,13H,9-12,14H2,1H3. The molecule has 0 unspecified atom stereocenters. The summed E-state index contributed by atoms with van der Waals surface area (Å²) in [7, 11) is 0. The van der Waals surface area contributed by atoms with Gasteiger partial charge in [0.1, 0.15) is 12.2 Å². The summed E-state index contributed by atoms with van der Waals surface area (Å²) in [6.07, 6.45) is 0. The summed E-state index contributed by atoms with van der Waals surface area (Å²) in [5.41, 5.74) is 1.50. The number of aromatic nitrogens is 2. The molecule has 1 aromatic carbocycles. The predicted molar refractivity (Wildman–Crippen MR) is 117 cm³/mol. The van der Waals surface area contributed by atoms with Gasteiger partial charge in [0.25, 0.3) is 5.56 Å². The molecule has 8 heteroatoms. The van der Waals surface area contributed by atoms with Crippen LogP contribution in [0.3, 0.4) is 0 Å². The molecule has 4 rings (SSSR count). The lowest BCUT2D eigenvalue weighted by Gasteiger charge is -2.36. The Kier molecular flexibility index (Phi) is 5.69. The van der Waals surface area contributed by atoms with E-state index in [1.54, 1.807) is 22.3 Å². The van der Waals surface area contributed by atoms with Gasteiger partial charge in [0.15, 0.2) is 0 Å². The molecule has 1 saturated heterocycles. The second-order valence-electron chi connectivity index (χ2n) is 6.97. The number of hydrogen-bond acceptors (Lipinski definition) is 5. The third kappa shape index (κ3) is 4.52. The number of nitrogens with zero attached hydrogens (tertiary/aromatic N) is 4. The second-order valence-corrected chi connectivity index (χ2v) is 8.70. The van der Waals surface area contributed by atoms with Gasteiger partial charge in [0.05, 0.1) is 4.88 Å². The van der Waals surface area contributed by atoms with Crippen LogP contribution in [0.15, 0.2) is 53.3 Å². The van der Waals surface area contributed by atoms with E-state index in [-0.39, 0.29) is 18.0 Å². The van der Waals surface area contributed by atoms with Gasteiger partial charge in [0, 0.05) is 47.8 Å². The van der Waals surface area contributed by atoms with Gasteiger partial charge in [-0.15, -0.1) is 11.3 Å². The Balaban J connectivity index is 1.42. The van der Waals surface area contributed by atoms with Crippen molar-refractivity contribution in [2.75, 3.05) is 31.1 Å². The van der Waals surface area contributed by atoms with Crippen LogP contribution in [0.5, 0.6) is 0 Å². The molecule has 0 aliphatic carbocycles. The van der Waals surface area contributed by atoms with E-state index in [9.17, 15) is 9.59 Å². The quantitative estimate of drug-likeness (QED) is 0.639. The van der Waals surface area contributed by atoms with Crippen LogP contribution in [0.2, 0.25) is 5.02 Å². The first-order valence-corrected chi connectivity index (χ1v) is 10.6. The van der Waals surface area contributed by atoms with E-state index in [4.69, 9.17) is 11.6 Å². The zero-order valence-electron chi connectivity index (χ0n) is 16.0. The first-order valence-electron chi connectivity index (χ1n) is 9.43. The molecule has 0 bridgehead atoms. The molecular weight excluding hydrogens is 408 g/mol. The average Bonchev–Trinajstić information content (AvgIpc) is 3.16. The highest BCUT2D eigenvalue weighted by molar-refractivity contribution is 7.15. The van der Waals surface area contributed by atoms with Crippen LogP contribution < -0.4 is 10.5 Å².